The van der Waals surface area contributed by atoms with Gasteiger partial charge in [-0.2, -0.15) is 30.2 Å². The van der Waals surface area contributed by atoms with Gasteiger partial charge >= 0.3 is 6.18 Å². The van der Waals surface area contributed by atoms with E-state index in [4.69, 9.17) is 5.11 Å². The molecular weight excluding hydrogens is 297 g/mol. The number of halogens is 3. The number of rotatable bonds is 6. The number of aliphatic hydroxyl groups excluding tert-OH is 1. The van der Waals surface area contributed by atoms with E-state index in [0.29, 0.717) is 23.6 Å². The smallest absolute Gasteiger partial charge is 0.396 e. The van der Waals surface area contributed by atoms with E-state index < -0.39 is 22.9 Å². The maximum atomic E-state index is 12.5. The number of piperidine rings is 1. The molecule has 0 bridgehead atoms. The number of alkyl halides is 3. The molecule has 1 atom stereocenters. The van der Waals surface area contributed by atoms with Gasteiger partial charge in [-0.05, 0) is 25.2 Å². The number of aliphatic hydroxyl groups is 1. The summed E-state index contributed by atoms with van der Waals surface area (Å²) in [7, 11) is -4.13. The van der Waals surface area contributed by atoms with Gasteiger partial charge in [0.25, 0.3) is 10.2 Å². The highest BCUT2D eigenvalue weighted by molar-refractivity contribution is 7.86. The van der Waals surface area contributed by atoms with Crippen molar-refractivity contribution in [2.24, 2.45) is 5.92 Å². The van der Waals surface area contributed by atoms with Crippen LogP contribution in [-0.4, -0.2) is 61.1 Å². The molecule has 120 valence electrons. The molecule has 0 saturated carbocycles. The van der Waals surface area contributed by atoms with Crippen LogP contribution < -0.4 is 0 Å². The van der Waals surface area contributed by atoms with E-state index in [-0.39, 0.29) is 32.2 Å². The van der Waals surface area contributed by atoms with Crippen molar-refractivity contribution >= 4 is 10.2 Å². The summed E-state index contributed by atoms with van der Waals surface area (Å²) in [6.45, 7) is 0.129. The molecular formula is C11H21F3N2O3S. The van der Waals surface area contributed by atoms with Crippen LogP contribution in [0.3, 0.4) is 0 Å². The molecule has 0 aliphatic carbocycles. The molecule has 0 aromatic carbocycles. The van der Waals surface area contributed by atoms with E-state index in [1.807, 2.05) is 0 Å². The third kappa shape index (κ3) is 4.87. The van der Waals surface area contributed by atoms with Crippen LogP contribution >= 0.6 is 0 Å². The summed E-state index contributed by atoms with van der Waals surface area (Å²) >= 11 is 0. The Morgan fingerprint density at radius 2 is 2.05 bits per heavy atom. The Kier molecular flexibility index (Phi) is 6.24. The molecule has 1 fully saturated rings. The second-order valence-corrected chi connectivity index (χ2v) is 6.93. The fraction of sp³-hybridized carbons (Fsp3) is 1.00. The van der Waals surface area contributed by atoms with Crippen molar-refractivity contribution in [3.63, 3.8) is 0 Å². The molecule has 5 nitrogen and oxygen atoms in total. The third-order valence-corrected chi connectivity index (χ3v) is 5.17. The van der Waals surface area contributed by atoms with E-state index in [0.717, 1.165) is 4.31 Å². The van der Waals surface area contributed by atoms with Gasteiger partial charge in [-0.15, -0.1) is 0 Å². The second-order valence-electron chi connectivity index (χ2n) is 5.01. The zero-order valence-electron chi connectivity index (χ0n) is 11.4. The average Bonchev–Trinajstić information content (AvgIpc) is 2.37. The van der Waals surface area contributed by atoms with Crippen LogP contribution in [0, 0.1) is 5.92 Å². The highest BCUT2D eigenvalue weighted by Gasteiger charge is 2.39. The molecule has 0 radical (unpaired) electrons. The monoisotopic (exact) mass is 318 g/mol. The molecule has 1 aliphatic rings. The number of hydrogen-bond donors (Lipinski definition) is 1. The Labute approximate surface area is 117 Å². The molecule has 0 spiro atoms. The summed E-state index contributed by atoms with van der Waals surface area (Å²) in [5.74, 6) is -0.201. The molecule has 1 aliphatic heterocycles. The van der Waals surface area contributed by atoms with Gasteiger partial charge in [-0.25, -0.2) is 0 Å². The van der Waals surface area contributed by atoms with Gasteiger partial charge < -0.3 is 5.11 Å². The van der Waals surface area contributed by atoms with Crippen molar-refractivity contribution in [2.75, 3.05) is 32.8 Å². The van der Waals surface area contributed by atoms with Crippen LogP contribution in [-0.2, 0) is 10.2 Å². The van der Waals surface area contributed by atoms with Gasteiger partial charge in [-0.3, -0.25) is 0 Å². The van der Waals surface area contributed by atoms with Gasteiger partial charge in [0.05, 0.1) is 0 Å². The lowest BCUT2D eigenvalue weighted by molar-refractivity contribution is -0.136. The minimum atomic E-state index is -4.56. The lowest BCUT2D eigenvalue weighted by atomic mass is 10.0. The fourth-order valence-electron chi connectivity index (χ4n) is 2.27. The predicted molar refractivity (Wildman–Crippen MR) is 68.2 cm³/mol. The Morgan fingerprint density at radius 3 is 2.55 bits per heavy atom. The van der Waals surface area contributed by atoms with E-state index in [1.165, 1.54) is 0 Å². The summed E-state index contributed by atoms with van der Waals surface area (Å²) in [6.07, 6.45) is -3.01. The second kappa shape index (κ2) is 7.06. The molecule has 20 heavy (non-hydrogen) atoms. The normalized spacial score (nSPS) is 22.4. The van der Waals surface area contributed by atoms with Crippen LogP contribution in [0.5, 0.6) is 0 Å². The molecule has 0 aromatic heterocycles. The Balaban J connectivity index is 2.86. The fourth-order valence-corrected chi connectivity index (χ4v) is 4.08. The molecule has 9 heteroatoms. The SMILES string of the molecule is CCCN(CC(F)(F)F)S(=O)(=O)N1CCCC(CO)C1. The minimum absolute atomic E-state index is 0.0803. The van der Waals surface area contributed by atoms with Crippen molar-refractivity contribution in [1.82, 2.24) is 8.61 Å². The van der Waals surface area contributed by atoms with Crippen molar-refractivity contribution in [2.45, 2.75) is 32.4 Å². The van der Waals surface area contributed by atoms with E-state index in [9.17, 15) is 21.6 Å². The maximum absolute atomic E-state index is 12.5. The quantitative estimate of drug-likeness (QED) is 0.801. The van der Waals surface area contributed by atoms with Crippen molar-refractivity contribution in [1.29, 1.82) is 0 Å². The summed E-state index contributed by atoms with van der Waals surface area (Å²) in [4.78, 5) is 0. The van der Waals surface area contributed by atoms with Crippen molar-refractivity contribution < 1.29 is 26.7 Å². The van der Waals surface area contributed by atoms with E-state index in [1.54, 1.807) is 6.92 Å². The zero-order valence-corrected chi connectivity index (χ0v) is 12.3. The van der Waals surface area contributed by atoms with Crippen molar-refractivity contribution in [3.8, 4) is 0 Å². The van der Waals surface area contributed by atoms with Gasteiger partial charge in [0.15, 0.2) is 0 Å². The van der Waals surface area contributed by atoms with Gasteiger partial charge in [0, 0.05) is 26.2 Å². The van der Waals surface area contributed by atoms with Crippen LogP contribution in [0.2, 0.25) is 0 Å². The molecule has 1 heterocycles. The molecule has 1 rings (SSSR count). The highest BCUT2D eigenvalue weighted by atomic mass is 32.2. The van der Waals surface area contributed by atoms with Gasteiger partial charge in [0.1, 0.15) is 6.54 Å². The summed E-state index contributed by atoms with van der Waals surface area (Å²) in [5.41, 5.74) is 0. The summed E-state index contributed by atoms with van der Waals surface area (Å²) < 4.78 is 63.6. The molecule has 1 saturated heterocycles. The number of hydrogen-bond acceptors (Lipinski definition) is 3. The Bertz CT molecular complexity index is 400. The molecule has 1 unspecified atom stereocenters. The maximum Gasteiger partial charge on any atom is 0.402 e. The van der Waals surface area contributed by atoms with Gasteiger partial charge in [-0.1, -0.05) is 6.92 Å². The first-order valence-corrected chi connectivity index (χ1v) is 8.03. The third-order valence-electron chi connectivity index (χ3n) is 3.22. The van der Waals surface area contributed by atoms with Crippen LogP contribution in [0.4, 0.5) is 13.2 Å². The Morgan fingerprint density at radius 1 is 1.40 bits per heavy atom. The standard InChI is InChI=1S/C11H21F3N2O3S/c1-2-5-16(9-11(12,13)14)20(18,19)15-6-3-4-10(7-15)8-17/h10,17H,2-9H2,1H3. The lowest BCUT2D eigenvalue weighted by Gasteiger charge is -2.35. The zero-order chi connectivity index (χ0) is 15.4. The van der Waals surface area contributed by atoms with Crippen molar-refractivity contribution in [3.05, 3.63) is 0 Å². The predicted octanol–water partition coefficient (Wildman–Crippen LogP) is 1.21. The first kappa shape index (κ1) is 17.7. The number of nitrogens with zero attached hydrogens (tertiary/aromatic N) is 2. The first-order valence-electron chi connectivity index (χ1n) is 6.63. The topological polar surface area (TPSA) is 60.9 Å². The Hall–Kier alpha value is -0.380. The van der Waals surface area contributed by atoms with Gasteiger partial charge in [0.2, 0.25) is 0 Å². The molecule has 0 amide bonds. The summed E-state index contributed by atoms with van der Waals surface area (Å²) in [6, 6.07) is 0. The van der Waals surface area contributed by atoms with Crippen LogP contribution in [0.15, 0.2) is 0 Å². The largest absolute Gasteiger partial charge is 0.402 e. The van der Waals surface area contributed by atoms with Crippen LogP contribution in [0.1, 0.15) is 26.2 Å². The molecule has 1 N–H and O–H groups in total. The average molecular weight is 318 g/mol. The van der Waals surface area contributed by atoms with E-state index in [2.05, 4.69) is 0 Å². The molecule has 0 aromatic rings. The highest BCUT2D eigenvalue weighted by Crippen LogP contribution is 2.24. The van der Waals surface area contributed by atoms with E-state index >= 15 is 0 Å². The lowest BCUT2D eigenvalue weighted by Crippen LogP contribution is -2.51. The summed E-state index contributed by atoms with van der Waals surface area (Å²) in [5, 5.41) is 9.09. The first-order chi connectivity index (χ1) is 9.20. The minimum Gasteiger partial charge on any atom is -0.396 e. The van der Waals surface area contributed by atoms with Crippen LogP contribution in [0.25, 0.3) is 0 Å².